The largest absolute Gasteiger partial charge is 0.457 e. The molecule has 0 unspecified atom stereocenters. The zero-order valence-corrected chi connectivity index (χ0v) is 9.71. The zero-order chi connectivity index (χ0) is 12.4. The first kappa shape index (κ1) is 10.6. The van der Waals surface area contributed by atoms with Crippen molar-refractivity contribution in [1.29, 1.82) is 0 Å². The topological polar surface area (TPSA) is 48.1 Å². The second-order valence-corrected chi connectivity index (χ2v) is 4.00. The highest BCUT2D eigenvalue weighted by molar-refractivity contribution is 5.84. The number of nitrogens with two attached hydrogens (primary N) is 1. The summed E-state index contributed by atoms with van der Waals surface area (Å²) in [4.78, 5) is 4.30. The van der Waals surface area contributed by atoms with E-state index in [1.165, 1.54) is 0 Å². The molecule has 88 valence electrons. The molecule has 2 aromatic carbocycles. The maximum absolute atomic E-state index is 5.85. The summed E-state index contributed by atoms with van der Waals surface area (Å²) in [5.41, 5.74) is 7.33. The highest BCUT2D eigenvalue weighted by atomic mass is 16.5. The number of rotatable bonds is 2. The van der Waals surface area contributed by atoms with Crippen LogP contribution in [-0.2, 0) is 0 Å². The Morgan fingerprint density at radius 3 is 2.72 bits per heavy atom. The molecule has 1 aromatic heterocycles. The van der Waals surface area contributed by atoms with Gasteiger partial charge in [0.15, 0.2) is 0 Å². The van der Waals surface area contributed by atoms with Crippen LogP contribution in [0.5, 0.6) is 11.5 Å². The van der Waals surface area contributed by atoms with E-state index in [0.717, 1.165) is 22.4 Å². The van der Waals surface area contributed by atoms with Crippen LogP contribution in [0.1, 0.15) is 0 Å². The number of hydrogen-bond acceptors (Lipinski definition) is 3. The molecule has 0 aliphatic heterocycles. The average molecular weight is 236 g/mol. The average Bonchev–Trinajstić information content (AvgIpc) is 2.39. The van der Waals surface area contributed by atoms with E-state index < -0.39 is 0 Å². The second-order valence-electron chi connectivity index (χ2n) is 4.00. The van der Waals surface area contributed by atoms with E-state index in [4.69, 9.17) is 10.5 Å². The minimum Gasteiger partial charge on any atom is -0.457 e. The molecule has 0 radical (unpaired) electrons. The molecular formula is C15H12N2O. The minimum atomic E-state index is 0.686. The van der Waals surface area contributed by atoms with Crippen molar-refractivity contribution in [1.82, 2.24) is 4.98 Å². The molecular weight excluding hydrogens is 224 g/mol. The number of nitrogen functional groups attached to an aromatic ring is 1. The smallest absolute Gasteiger partial charge is 0.138 e. The number of para-hydroxylation sites is 1. The van der Waals surface area contributed by atoms with Gasteiger partial charge in [0, 0.05) is 23.3 Å². The fraction of sp³-hybridized carbons (Fsp3) is 0. The Balaban J connectivity index is 2.05. The summed E-state index contributed by atoms with van der Waals surface area (Å²) in [5, 5.41) is 0.988. The molecule has 3 heteroatoms. The van der Waals surface area contributed by atoms with Gasteiger partial charge in [-0.15, -0.1) is 0 Å². The molecule has 2 N–H and O–H groups in total. The normalized spacial score (nSPS) is 10.4. The number of hydrogen-bond donors (Lipinski definition) is 1. The highest BCUT2D eigenvalue weighted by Crippen LogP contribution is 2.29. The number of fused-ring (bicyclic) bond motifs is 1. The summed E-state index contributed by atoms with van der Waals surface area (Å²) in [6.45, 7) is 0. The summed E-state index contributed by atoms with van der Waals surface area (Å²) in [5.74, 6) is 1.51. The van der Waals surface area contributed by atoms with Gasteiger partial charge in [0.1, 0.15) is 11.5 Å². The lowest BCUT2D eigenvalue weighted by molar-refractivity contribution is 0.488. The molecule has 1 heterocycles. The number of aromatic nitrogens is 1. The molecule has 3 rings (SSSR count). The Kier molecular flexibility index (Phi) is 2.57. The standard InChI is InChI=1S/C15H12N2O/c16-11-4-3-5-12(10-11)18-15-8-9-17-14-7-2-1-6-13(14)15/h1-10H,16H2. The monoisotopic (exact) mass is 236 g/mol. The van der Waals surface area contributed by atoms with Gasteiger partial charge in [-0.3, -0.25) is 4.98 Å². The number of anilines is 1. The third-order valence-electron chi connectivity index (χ3n) is 2.69. The van der Waals surface area contributed by atoms with Crippen molar-refractivity contribution in [3.63, 3.8) is 0 Å². The Morgan fingerprint density at radius 1 is 0.944 bits per heavy atom. The van der Waals surface area contributed by atoms with E-state index in [2.05, 4.69) is 4.98 Å². The van der Waals surface area contributed by atoms with Crippen molar-refractivity contribution in [3.05, 3.63) is 60.8 Å². The van der Waals surface area contributed by atoms with Gasteiger partial charge >= 0.3 is 0 Å². The maximum Gasteiger partial charge on any atom is 0.138 e. The van der Waals surface area contributed by atoms with Crippen LogP contribution in [0.15, 0.2) is 60.8 Å². The number of nitrogens with zero attached hydrogens (tertiary/aromatic N) is 1. The van der Waals surface area contributed by atoms with E-state index in [0.29, 0.717) is 5.69 Å². The molecule has 3 aromatic rings. The van der Waals surface area contributed by atoms with Crippen molar-refractivity contribution in [3.8, 4) is 11.5 Å². The molecule has 0 spiro atoms. The first-order valence-corrected chi connectivity index (χ1v) is 5.70. The van der Waals surface area contributed by atoms with Crippen molar-refractivity contribution in [2.45, 2.75) is 0 Å². The van der Waals surface area contributed by atoms with Crippen molar-refractivity contribution < 1.29 is 4.74 Å². The first-order chi connectivity index (χ1) is 8.83. The van der Waals surface area contributed by atoms with Gasteiger partial charge in [0.2, 0.25) is 0 Å². The molecule has 0 atom stereocenters. The maximum atomic E-state index is 5.85. The van der Waals surface area contributed by atoms with E-state index in [1.54, 1.807) is 12.3 Å². The van der Waals surface area contributed by atoms with E-state index in [9.17, 15) is 0 Å². The van der Waals surface area contributed by atoms with Gasteiger partial charge in [0.25, 0.3) is 0 Å². The van der Waals surface area contributed by atoms with E-state index in [-0.39, 0.29) is 0 Å². The van der Waals surface area contributed by atoms with Gasteiger partial charge in [-0.1, -0.05) is 18.2 Å². The predicted molar refractivity (Wildman–Crippen MR) is 72.7 cm³/mol. The van der Waals surface area contributed by atoms with Crippen LogP contribution < -0.4 is 10.5 Å². The van der Waals surface area contributed by atoms with Crippen LogP contribution in [0.25, 0.3) is 10.9 Å². The van der Waals surface area contributed by atoms with Crippen LogP contribution in [-0.4, -0.2) is 4.98 Å². The summed E-state index contributed by atoms with van der Waals surface area (Å²) < 4.78 is 5.85. The summed E-state index contributed by atoms with van der Waals surface area (Å²) in [6, 6.07) is 17.1. The van der Waals surface area contributed by atoms with Crippen LogP contribution in [0.2, 0.25) is 0 Å². The molecule has 0 saturated carbocycles. The molecule has 0 fully saturated rings. The van der Waals surface area contributed by atoms with Crippen molar-refractivity contribution in [2.75, 3.05) is 5.73 Å². The molecule has 0 aliphatic carbocycles. The third-order valence-corrected chi connectivity index (χ3v) is 2.69. The highest BCUT2D eigenvalue weighted by Gasteiger charge is 2.03. The molecule has 18 heavy (non-hydrogen) atoms. The Labute approximate surface area is 105 Å². The summed E-state index contributed by atoms with van der Waals surface area (Å²) >= 11 is 0. The van der Waals surface area contributed by atoms with Gasteiger partial charge < -0.3 is 10.5 Å². The number of benzene rings is 2. The van der Waals surface area contributed by atoms with Crippen molar-refractivity contribution >= 4 is 16.6 Å². The molecule has 0 aliphatic rings. The Bertz CT molecular complexity index is 689. The van der Waals surface area contributed by atoms with Gasteiger partial charge in [-0.25, -0.2) is 0 Å². The fourth-order valence-corrected chi connectivity index (χ4v) is 1.86. The second kappa shape index (κ2) is 4.37. The Hall–Kier alpha value is -2.55. The zero-order valence-electron chi connectivity index (χ0n) is 9.71. The fourth-order valence-electron chi connectivity index (χ4n) is 1.86. The SMILES string of the molecule is Nc1cccc(Oc2ccnc3ccccc23)c1. The first-order valence-electron chi connectivity index (χ1n) is 5.70. The van der Waals surface area contributed by atoms with Crippen molar-refractivity contribution in [2.24, 2.45) is 0 Å². The molecule has 0 amide bonds. The predicted octanol–water partition coefficient (Wildman–Crippen LogP) is 3.61. The quantitative estimate of drug-likeness (QED) is 0.691. The lowest BCUT2D eigenvalue weighted by Gasteiger charge is -2.08. The Morgan fingerprint density at radius 2 is 1.83 bits per heavy atom. The van der Waals surface area contributed by atoms with Gasteiger partial charge in [-0.2, -0.15) is 0 Å². The third kappa shape index (κ3) is 1.98. The summed E-state index contributed by atoms with van der Waals surface area (Å²) in [7, 11) is 0. The lowest BCUT2D eigenvalue weighted by atomic mass is 10.2. The van der Waals surface area contributed by atoms with E-state index in [1.807, 2.05) is 48.5 Å². The van der Waals surface area contributed by atoms with Gasteiger partial charge in [-0.05, 0) is 30.3 Å². The van der Waals surface area contributed by atoms with Crippen LogP contribution in [0.4, 0.5) is 5.69 Å². The van der Waals surface area contributed by atoms with Crippen LogP contribution >= 0.6 is 0 Å². The number of ether oxygens (including phenoxy) is 1. The molecule has 0 saturated heterocycles. The summed E-state index contributed by atoms with van der Waals surface area (Å²) in [6.07, 6.45) is 1.74. The lowest BCUT2D eigenvalue weighted by Crippen LogP contribution is -1.89. The van der Waals surface area contributed by atoms with Crippen LogP contribution in [0.3, 0.4) is 0 Å². The molecule has 3 nitrogen and oxygen atoms in total. The van der Waals surface area contributed by atoms with E-state index >= 15 is 0 Å². The number of pyridine rings is 1. The van der Waals surface area contributed by atoms with Gasteiger partial charge in [0.05, 0.1) is 5.52 Å². The minimum absolute atomic E-state index is 0.686. The van der Waals surface area contributed by atoms with Crippen LogP contribution in [0, 0.1) is 0 Å². The molecule has 0 bridgehead atoms.